The zero-order chi connectivity index (χ0) is 11.7. The number of anilines is 1. The second-order valence-electron chi connectivity index (χ2n) is 3.52. The second kappa shape index (κ2) is 3.70. The first kappa shape index (κ1) is 10.2. The van der Waals surface area contributed by atoms with Crippen LogP contribution < -0.4 is 10.5 Å². The van der Waals surface area contributed by atoms with E-state index in [4.69, 9.17) is 15.7 Å². The van der Waals surface area contributed by atoms with Crippen molar-refractivity contribution in [2.24, 2.45) is 0 Å². The molecule has 0 bridgehead atoms. The number of benzene rings is 1. The molecule has 1 heterocycles. The number of methoxy groups -OCH3 is 1. The van der Waals surface area contributed by atoms with Gasteiger partial charge in [0.15, 0.2) is 0 Å². The molecule has 0 aliphatic rings. The van der Waals surface area contributed by atoms with Crippen molar-refractivity contribution in [3.8, 4) is 11.8 Å². The monoisotopic (exact) mass is 213 g/mol. The zero-order valence-electron chi connectivity index (χ0n) is 9.11. The van der Waals surface area contributed by atoms with Crippen LogP contribution in [0.5, 0.6) is 5.75 Å². The number of ether oxygens (including phenoxy) is 1. The highest BCUT2D eigenvalue weighted by Crippen LogP contribution is 2.30. The summed E-state index contributed by atoms with van der Waals surface area (Å²) in [6.45, 7) is 1.95. The predicted octanol–water partition coefficient (Wildman–Crippen LogP) is 2.01. The molecule has 0 fully saturated rings. The molecule has 2 aromatic rings. The van der Waals surface area contributed by atoms with Crippen LogP contribution in [0.2, 0.25) is 0 Å². The molecule has 0 saturated carbocycles. The van der Waals surface area contributed by atoms with E-state index in [1.54, 1.807) is 13.2 Å². The molecule has 2 rings (SSSR count). The summed E-state index contributed by atoms with van der Waals surface area (Å²) in [4.78, 5) is 4.22. The number of nitrogen functional groups attached to an aromatic ring is 1. The molecular weight excluding hydrogens is 202 g/mol. The minimum absolute atomic E-state index is 0.300. The van der Waals surface area contributed by atoms with Gasteiger partial charge in [0.1, 0.15) is 23.0 Å². The fraction of sp³-hybridized carbons (Fsp3) is 0.167. The molecule has 0 saturated heterocycles. The quantitative estimate of drug-likeness (QED) is 0.786. The van der Waals surface area contributed by atoms with E-state index in [0.717, 1.165) is 10.9 Å². The van der Waals surface area contributed by atoms with Crippen LogP contribution in [0.4, 0.5) is 5.69 Å². The third-order valence-electron chi connectivity index (χ3n) is 2.50. The van der Waals surface area contributed by atoms with Crippen LogP contribution >= 0.6 is 0 Å². The number of hydrogen-bond acceptors (Lipinski definition) is 4. The average Bonchev–Trinajstić information content (AvgIpc) is 2.28. The second-order valence-corrected chi connectivity index (χ2v) is 3.52. The van der Waals surface area contributed by atoms with Gasteiger partial charge in [-0.05, 0) is 24.6 Å². The van der Waals surface area contributed by atoms with Gasteiger partial charge < -0.3 is 10.5 Å². The van der Waals surface area contributed by atoms with Gasteiger partial charge in [0, 0.05) is 11.1 Å². The van der Waals surface area contributed by atoms with E-state index in [1.807, 2.05) is 25.1 Å². The van der Waals surface area contributed by atoms with Gasteiger partial charge in [-0.2, -0.15) is 5.26 Å². The third kappa shape index (κ3) is 1.43. The first-order valence-electron chi connectivity index (χ1n) is 4.81. The lowest BCUT2D eigenvalue weighted by molar-refractivity contribution is 0.419. The molecule has 0 radical (unpaired) electrons. The van der Waals surface area contributed by atoms with Crippen molar-refractivity contribution in [1.29, 1.82) is 5.26 Å². The van der Waals surface area contributed by atoms with Crippen LogP contribution in [0.3, 0.4) is 0 Å². The van der Waals surface area contributed by atoms with Gasteiger partial charge >= 0.3 is 0 Å². The minimum atomic E-state index is 0.300. The van der Waals surface area contributed by atoms with Crippen LogP contribution in [0, 0.1) is 18.3 Å². The third-order valence-corrected chi connectivity index (χ3v) is 2.50. The maximum atomic E-state index is 8.85. The zero-order valence-corrected chi connectivity index (χ0v) is 9.11. The van der Waals surface area contributed by atoms with E-state index in [1.165, 1.54) is 0 Å². The van der Waals surface area contributed by atoms with Gasteiger partial charge in [-0.3, -0.25) is 0 Å². The van der Waals surface area contributed by atoms with Gasteiger partial charge in [-0.25, -0.2) is 4.98 Å². The first-order valence-corrected chi connectivity index (χ1v) is 4.81. The summed E-state index contributed by atoms with van der Waals surface area (Å²) in [5, 5.41) is 9.69. The Hall–Kier alpha value is -2.28. The fourth-order valence-corrected chi connectivity index (χ4v) is 1.74. The molecule has 0 atom stereocenters. The van der Waals surface area contributed by atoms with E-state index in [-0.39, 0.29) is 0 Å². The van der Waals surface area contributed by atoms with Crippen LogP contribution in [-0.4, -0.2) is 12.1 Å². The molecule has 1 aromatic carbocycles. The van der Waals surface area contributed by atoms with E-state index >= 15 is 0 Å². The SMILES string of the molecule is COc1ccc(C)c2c(N)cc(C#N)nc12. The van der Waals surface area contributed by atoms with Crippen molar-refractivity contribution in [2.75, 3.05) is 12.8 Å². The Kier molecular flexibility index (Phi) is 2.37. The largest absolute Gasteiger partial charge is 0.494 e. The lowest BCUT2D eigenvalue weighted by Crippen LogP contribution is -1.97. The number of hydrogen-bond donors (Lipinski definition) is 1. The van der Waals surface area contributed by atoms with Crippen LogP contribution in [0.25, 0.3) is 10.9 Å². The molecule has 0 aliphatic heterocycles. The Bertz CT molecular complexity index is 599. The Morgan fingerprint density at radius 1 is 1.44 bits per heavy atom. The molecule has 0 aliphatic carbocycles. The Morgan fingerprint density at radius 2 is 2.19 bits per heavy atom. The molecule has 2 N–H and O–H groups in total. The summed E-state index contributed by atoms with van der Waals surface area (Å²) in [6, 6.07) is 7.31. The number of nitrogens with zero attached hydrogens (tertiary/aromatic N) is 2. The molecule has 0 unspecified atom stereocenters. The summed E-state index contributed by atoms with van der Waals surface area (Å²) in [6.07, 6.45) is 0. The fourth-order valence-electron chi connectivity index (χ4n) is 1.74. The van der Waals surface area contributed by atoms with Crippen molar-refractivity contribution in [3.05, 3.63) is 29.5 Å². The normalized spacial score (nSPS) is 10.1. The summed E-state index contributed by atoms with van der Waals surface area (Å²) < 4.78 is 5.21. The van der Waals surface area contributed by atoms with Crippen molar-refractivity contribution in [3.63, 3.8) is 0 Å². The number of pyridine rings is 1. The van der Waals surface area contributed by atoms with E-state index in [2.05, 4.69) is 4.98 Å². The number of nitriles is 1. The minimum Gasteiger partial charge on any atom is -0.494 e. The Balaban J connectivity index is 2.94. The highest BCUT2D eigenvalue weighted by Gasteiger charge is 2.10. The molecule has 0 spiro atoms. The number of aromatic nitrogens is 1. The van der Waals surface area contributed by atoms with Crippen molar-refractivity contribution >= 4 is 16.6 Å². The summed E-state index contributed by atoms with van der Waals surface area (Å²) >= 11 is 0. The number of nitrogens with two attached hydrogens (primary N) is 1. The smallest absolute Gasteiger partial charge is 0.145 e. The standard InChI is InChI=1S/C12H11N3O/c1-7-3-4-10(16-2)12-11(7)9(14)5-8(6-13)15-12/h3-5H,1-2H3,(H2,14,15). The summed E-state index contributed by atoms with van der Waals surface area (Å²) in [5.74, 6) is 0.629. The maximum Gasteiger partial charge on any atom is 0.145 e. The highest BCUT2D eigenvalue weighted by atomic mass is 16.5. The van der Waals surface area contributed by atoms with Gasteiger partial charge in [0.2, 0.25) is 0 Å². The molecule has 16 heavy (non-hydrogen) atoms. The lowest BCUT2D eigenvalue weighted by atomic mass is 10.1. The lowest BCUT2D eigenvalue weighted by Gasteiger charge is -2.09. The Morgan fingerprint density at radius 3 is 2.81 bits per heavy atom. The van der Waals surface area contributed by atoms with Crippen molar-refractivity contribution in [2.45, 2.75) is 6.92 Å². The van der Waals surface area contributed by atoms with Crippen molar-refractivity contribution < 1.29 is 4.74 Å². The van der Waals surface area contributed by atoms with E-state index in [9.17, 15) is 0 Å². The molecule has 80 valence electrons. The molecule has 4 nitrogen and oxygen atoms in total. The maximum absolute atomic E-state index is 8.85. The van der Waals surface area contributed by atoms with E-state index in [0.29, 0.717) is 22.6 Å². The molecule has 4 heteroatoms. The number of aryl methyl sites for hydroxylation is 1. The average molecular weight is 213 g/mol. The van der Waals surface area contributed by atoms with Crippen LogP contribution in [0.1, 0.15) is 11.3 Å². The van der Waals surface area contributed by atoms with Crippen LogP contribution in [-0.2, 0) is 0 Å². The van der Waals surface area contributed by atoms with Gasteiger partial charge in [0.25, 0.3) is 0 Å². The summed E-state index contributed by atoms with van der Waals surface area (Å²) in [5.41, 5.74) is 8.42. The van der Waals surface area contributed by atoms with Crippen LogP contribution in [0.15, 0.2) is 18.2 Å². The topological polar surface area (TPSA) is 71.9 Å². The van der Waals surface area contributed by atoms with E-state index < -0.39 is 0 Å². The predicted molar refractivity (Wildman–Crippen MR) is 62.2 cm³/mol. The molecule has 1 aromatic heterocycles. The van der Waals surface area contributed by atoms with Gasteiger partial charge in [-0.1, -0.05) is 6.07 Å². The molecular formula is C12H11N3O. The first-order chi connectivity index (χ1) is 7.67. The summed E-state index contributed by atoms with van der Waals surface area (Å²) in [7, 11) is 1.57. The number of fused-ring (bicyclic) bond motifs is 1. The Labute approximate surface area is 93.3 Å². The highest BCUT2D eigenvalue weighted by molar-refractivity contribution is 5.96. The number of rotatable bonds is 1. The van der Waals surface area contributed by atoms with Gasteiger partial charge in [-0.15, -0.1) is 0 Å². The van der Waals surface area contributed by atoms with Gasteiger partial charge in [0.05, 0.1) is 7.11 Å². The van der Waals surface area contributed by atoms with Crippen molar-refractivity contribution in [1.82, 2.24) is 4.98 Å². The molecule has 0 amide bonds.